The van der Waals surface area contributed by atoms with E-state index >= 15 is 0 Å². The fraction of sp³-hybridized carbons (Fsp3) is 0.312. The van der Waals surface area contributed by atoms with Gasteiger partial charge in [-0.2, -0.15) is 0 Å². The molecule has 2 aromatic rings. The second-order valence-corrected chi connectivity index (χ2v) is 7.05. The molecule has 2 nitrogen and oxygen atoms in total. The molecule has 1 atom stereocenters. The van der Waals surface area contributed by atoms with Crippen LogP contribution in [0.5, 0.6) is 0 Å². The van der Waals surface area contributed by atoms with Crippen LogP contribution in [0.1, 0.15) is 38.2 Å². The van der Waals surface area contributed by atoms with Gasteiger partial charge in [-0.25, -0.2) is 4.39 Å². The van der Waals surface area contributed by atoms with E-state index in [1.54, 1.807) is 17.4 Å². The largest absolute Gasteiger partial charge is 0.326 e. The van der Waals surface area contributed by atoms with Gasteiger partial charge in [0, 0.05) is 27.4 Å². The van der Waals surface area contributed by atoms with Crippen molar-refractivity contribution in [2.24, 2.45) is 0 Å². The molecule has 1 aromatic carbocycles. The Bertz CT molecular complexity index is 706. The van der Waals surface area contributed by atoms with Gasteiger partial charge < -0.3 is 5.32 Å². The summed E-state index contributed by atoms with van der Waals surface area (Å²) in [4.78, 5) is 13.5. The monoisotopic (exact) mass is 323 g/mol. The molecule has 1 unspecified atom stereocenters. The van der Waals surface area contributed by atoms with Crippen LogP contribution < -0.4 is 5.32 Å². The molecule has 5 heteroatoms. The molecule has 1 aromatic heterocycles. The molecule has 1 N–H and O–H groups in total. The zero-order chi connectivity index (χ0) is 15.1. The molecule has 0 fully saturated rings. The summed E-state index contributed by atoms with van der Waals surface area (Å²) >= 11 is 8.07. The third-order valence-corrected chi connectivity index (χ3v) is 5.64. The first-order valence-corrected chi connectivity index (χ1v) is 8.04. The molecule has 0 radical (unpaired) electrons. The lowest BCUT2D eigenvalue weighted by atomic mass is 9.98. The number of carbonyl (C=O) groups excluding carboxylic acids is 1. The summed E-state index contributed by atoms with van der Waals surface area (Å²) in [6.45, 7) is 4.06. The molecular weight excluding hydrogens is 309 g/mol. The lowest BCUT2D eigenvalue weighted by molar-refractivity contribution is -0.116. The van der Waals surface area contributed by atoms with Crippen molar-refractivity contribution in [2.45, 2.75) is 32.1 Å². The maximum Gasteiger partial charge on any atom is 0.224 e. The Morgan fingerprint density at radius 3 is 2.71 bits per heavy atom. The van der Waals surface area contributed by atoms with Crippen LogP contribution in [0.3, 0.4) is 0 Å². The highest BCUT2D eigenvalue weighted by molar-refractivity contribution is 7.12. The summed E-state index contributed by atoms with van der Waals surface area (Å²) in [5.74, 6) is -0.443. The van der Waals surface area contributed by atoms with Crippen LogP contribution in [0.4, 0.5) is 10.1 Å². The van der Waals surface area contributed by atoms with Crippen molar-refractivity contribution in [3.63, 3.8) is 0 Å². The number of anilines is 1. The first kappa shape index (κ1) is 14.5. The summed E-state index contributed by atoms with van der Waals surface area (Å²) in [7, 11) is 0. The molecule has 0 saturated heterocycles. The number of nitrogens with one attached hydrogen (secondary N) is 1. The third-order valence-electron chi connectivity index (χ3n) is 3.83. The van der Waals surface area contributed by atoms with Crippen molar-refractivity contribution in [3.05, 3.63) is 50.5 Å². The van der Waals surface area contributed by atoms with Gasteiger partial charge in [-0.3, -0.25) is 4.79 Å². The maximum absolute atomic E-state index is 14.3. The van der Waals surface area contributed by atoms with E-state index in [0.717, 1.165) is 10.4 Å². The first-order valence-electron chi connectivity index (χ1n) is 6.79. The number of halogens is 2. The van der Waals surface area contributed by atoms with Gasteiger partial charge in [0.1, 0.15) is 5.82 Å². The highest BCUT2D eigenvalue weighted by Gasteiger charge is 2.23. The number of alkyl halides is 1. The predicted octanol–water partition coefficient (Wildman–Crippen LogP) is 4.72. The van der Waals surface area contributed by atoms with E-state index in [0.29, 0.717) is 24.1 Å². The molecule has 1 aliphatic rings. The molecule has 0 aliphatic carbocycles. The summed E-state index contributed by atoms with van der Waals surface area (Å²) in [5, 5.41) is 2.21. The van der Waals surface area contributed by atoms with E-state index in [2.05, 4.69) is 5.32 Å². The third kappa shape index (κ3) is 2.70. The Hall–Kier alpha value is -1.39. The van der Waals surface area contributed by atoms with E-state index < -0.39 is 5.38 Å². The van der Waals surface area contributed by atoms with E-state index in [1.807, 2.05) is 19.9 Å². The number of benzene rings is 1. The van der Waals surface area contributed by atoms with Crippen molar-refractivity contribution < 1.29 is 9.18 Å². The summed E-state index contributed by atoms with van der Waals surface area (Å²) < 4.78 is 14.3. The molecule has 0 spiro atoms. The van der Waals surface area contributed by atoms with Gasteiger partial charge in [0.15, 0.2) is 0 Å². The van der Waals surface area contributed by atoms with Crippen molar-refractivity contribution >= 4 is 34.5 Å². The van der Waals surface area contributed by atoms with Crippen molar-refractivity contribution in [1.82, 2.24) is 0 Å². The van der Waals surface area contributed by atoms with Crippen LogP contribution in [0.25, 0.3) is 0 Å². The SMILES string of the molecule is Cc1cc(C(Cl)c2cc3c(cc2F)NC(=O)CC3)sc1C. The summed E-state index contributed by atoms with van der Waals surface area (Å²) in [6.07, 6.45) is 1.06. The number of aryl methyl sites for hydroxylation is 3. The fourth-order valence-electron chi connectivity index (χ4n) is 2.50. The van der Waals surface area contributed by atoms with E-state index in [1.165, 1.54) is 16.5 Å². The highest BCUT2D eigenvalue weighted by atomic mass is 35.5. The van der Waals surface area contributed by atoms with Gasteiger partial charge >= 0.3 is 0 Å². The molecule has 21 heavy (non-hydrogen) atoms. The smallest absolute Gasteiger partial charge is 0.224 e. The lowest BCUT2D eigenvalue weighted by Crippen LogP contribution is -2.19. The minimum absolute atomic E-state index is 0.0680. The number of hydrogen-bond acceptors (Lipinski definition) is 2. The Morgan fingerprint density at radius 2 is 2.05 bits per heavy atom. The van der Waals surface area contributed by atoms with Crippen LogP contribution in [0, 0.1) is 19.7 Å². The molecule has 110 valence electrons. The van der Waals surface area contributed by atoms with Crippen molar-refractivity contribution in [2.75, 3.05) is 5.32 Å². The van der Waals surface area contributed by atoms with Gasteiger partial charge in [-0.05, 0) is 49.6 Å². The quantitative estimate of drug-likeness (QED) is 0.796. The number of hydrogen-bond donors (Lipinski definition) is 1. The maximum atomic E-state index is 14.3. The summed E-state index contributed by atoms with van der Waals surface area (Å²) in [6, 6.07) is 5.18. The molecule has 1 amide bonds. The highest BCUT2D eigenvalue weighted by Crippen LogP contribution is 2.38. The normalized spacial score (nSPS) is 15.5. The van der Waals surface area contributed by atoms with Crippen LogP contribution in [0.2, 0.25) is 0 Å². The standard InChI is InChI=1S/C16H15ClFNOS/c1-8-5-14(21-9(8)2)16(17)11-6-10-3-4-15(20)19-13(10)7-12(11)18/h5-7,16H,3-4H2,1-2H3,(H,19,20). The van der Waals surface area contributed by atoms with E-state index in [9.17, 15) is 9.18 Å². The number of amides is 1. The minimum atomic E-state index is -0.495. The summed E-state index contributed by atoms with van der Waals surface area (Å²) in [5.41, 5.74) is 3.16. The van der Waals surface area contributed by atoms with Crippen LogP contribution in [-0.4, -0.2) is 5.91 Å². The van der Waals surface area contributed by atoms with E-state index in [4.69, 9.17) is 11.6 Å². The second-order valence-electron chi connectivity index (χ2n) is 5.33. The van der Waals surface area contributed by atoms with Crippen molar-refractivity contribution in [3.8, 4) is 0 Å². The Labute approximate surface area is 131 Å². The Balaban J connectivity index is 2.00. The molecule has 0 saturated carbocycles. The first-order chi connectivity index (χ1) is 9.95. The molecule has 2 heterocycles. The Kier molecular flexibility index (Phi) is 3.76. The minimum Gasteiger partial charge on any atom is -0.326 e. The van der Waals surface area contributed by atoms with Gasteiger partial charge in [-0.15, -0.1) is 22.9 Å². The van der Waals surface area contributed by atoms with Gasteiger partial charge in [0.05, 0.1) is 5.38 Å². The molecule has 3 rings (SSSR count). The average Bonchev–Trinajstić information content (AvgIpc) is 2.77. The van der Waals surface area contributed by atoms with Gasteiger partial charge in [0.25, 0.3) is 0 Å². The van der Waals surface area contributed by atoms with Gasteiger partial charge in [0.2, 0.25) is 5.91 Å². The molecule has 0 bridgehead atoms. The van der Waals surface area contributed by atoms with Crippen LogP contribution in [0.15, 0.2) is 18.2 Å². The number of carbonyl (C=O) groups is 1. The number of fused-ring (bicyclic) bond motifs is 1. The second kappa shape index (κ2) is 5.43. The molecule has 1 aliphatic heterocycles. The average molecular weight is 324 g/mol. The van der Waals surface area contributed by atoms with Crippen LogP contribution in [-0.2, 0) is 11.2 Å². The zero-order valence-corrected chi connectivity index (χ0v) is 13.4. The zero-order valence-electron chi connectivity index (χ0n) is 11.8. The number of thiophene rings is 1. The van der Waals surface area contributed by atoms with Crippen LogP contribution >= 0.6 is 22.9 Å². The topological polar surface area (TPSA) is 29.1 Å². The molecular formula is C16H15ClFNOS. The fourth-order valence-corrected chi connectivity index (χ4v) is 3.90. The predicted molar refractivity (Wildman–Crippen MR) is 84.8 cm³/mol. The van der Waals surface area contributed by atoms with Gasteiger partial charge in [-0.1, -0.05) is 0 Å². The van der Waals surface area contributed by atoms with Crippen molar-refractivity contribution in [1.29, 1.82) is 0 Å². The lowest BCUT2D eigenvalue weighted by Gasteiger charge is -2.19. The number of rotatable bonds is 2. The Morgan fingerprint density at radius 1 is 1.29 bits per heavy atom. The van der Waals surface area contributed by atoms with E-state index in [-0.39, 0.29) is 11.7 Å².